The van der Waals surface area contributed by atoms with Gasteiger partial charge in [0.1, 0.15) is 0 Å². The molecule has 0 aromatic carbocycles. The Balaban J connectivity index is 2.89. The number of methoxy groups -OCH3 is 1. The third-order valence-corrected chi connectivity index (χ3v) is 5.43. The van der Waals surface area contributed by atoms with Gasteiger partial charge in [-0.3, -0.25) is 4.79 Å². The van der Waals surface area contributed by atoms with Crippen LogP contribution < -0.4 is 5.73 Å². The molecule has 100 valence electrons. The molecule has 0 radical (unpaired) electrons. The first-order chi connectivity index (χ1) is 7.85. The van der Waals surface area contributed by atoms with E-state index in [0.29, 0.717) is 6.42 Å². The first-order valence-electron chi connectivity index (χ1n) is 6.25. The van der Waals surface area contributed by atoms with Crippen molar-refractivity contribution < 1.29 is 9.53 Å². The Morgan fingerprint density at radius 1 is 1.47 bits per heavy atom. The number of ether oxygens (including phenoxy) is 1. The quantitative estimate of drug-likeness (QED) is 0.788. The van der Waals surface area contributed by atoms with Crippen LogP contribution in [0.4, 0.5) is 0 Å². The molecule has 17 heavy (non-hydrogen) atoms. The molecule has 0 spiro atoms. The molecule has 4 heteroatoms. The highest BCUT2D eigenvalue weighted by Gasteiger charge is 2.45. The zero-order valence-electron chi connectivity index (χ0n) is 11.4. The Labute approximate surface area is 109 Å². The van der Waals surface area contributed by atoms with E-state index >= 15 is 0 Å². The minimum Gasteiger partial charge on any atom is -0.469 e. The van der Waals surface area contributed by atoms with E-state index in [2.05, 4.69) is 20.8 Å². The second-order valence-corrected chi connectivity index (χ2v) is 6.95. The summed E-state index contributed by atoms with van der Waals surface area (Å²) in [5.74, 6) is 1.99. The molecule has 2 unspecified atom stereocenters. The lowest BCUT2D eigenvalue weighted by molar-refractivity contribution is -0.144. The van der Waals surface area contributed by atoms with Crippen LogP contribution in [0.5, 0.6) is 0 Å². The van der Waals surface area contributed by atoms with Crippen LogP contribution in [0, 0.1) is 10.8 Å². The normalized spacial score (nSPS) is 29.7. The average molecular weight is 259 g/mol. The molecule has 0 amide bonds. The first kappa shape index (κ1) is 14.8. The maximum Gasteiger partial charge on any atom is 0.306 e. The molecule has 0 saturated carbocycles. The monoisotopic (exact) mass is 259 g/mol. The number of carbonyl (C=O) groups excluding carboxylic acids is 1. The van der Waals surface area contributed by atoms with Crippen molar-refractivity contribution in [2.75, 3.05) is 18.6 Å². The summed E-state index contributed by atoms with van der Waals surface area (Å²) < 4.78 is 4.84. The number of hydrogen-bond acceptors (Lipinski definition) is 4. The van der Waals surface area contributed by atoms with E-state index in [1.54, 1.807) is 0 Å². The Morgan fingerprint density at radius 3 is 2.59 bits per heavy atom. The van der Waals surface area contributed by atoms with Gasteiger partial charge in [-0.25, -0.2) is 0 Å². The van der Waals surface area contributed by atoms with Gasteiger partial charge in [-0.1, -0.05) is 20.8 Å². The summed E-state index contributed by atoms with van der Waals surface area (Å²) in [6.45, 7) is 6.61. The number of carbonyl (C=O) groups is 1. The van der Waals surface area contributed by atoms with Crippen LogP contribution in [0.3, 0.4) is 0 Å². The van der Waals surface area contributed by atoms with Crippen LogP contribution in [-0.2, 0) is 9.53 Å². The highest BCUT2D eigenvalue weighted by atomic mass is 32.2. The van der Waals surface area contributed by atoms with Crippen LogP contribution in [0.2, 0.25) is 0 Å². The van der Waals surface area contributed by atoms with E-state index in [1.165, 1.54) is 7.11 Å². The zero-order valence-corrected chi connectivity index (χ0v) is 12.2. The van der Waals surface area contributed by atoms with E-state index in [9.17, 15) is 4.79 Å². The minimum atomic E-state index is -0.132. The van der Waals surface area contributed by atoms with Gasteiger partial charge in [0.25, 0.3) is 0 Å². The first-order valence-corrected chi connectivity index (χ1v) is 7.41. The topological polar surface area (TPSA) is 52.3 Å². The number of hydrogen-bond donors (Lipinski definition) is 1. The lowest BCUT2D eigenvalue weighted by Crippen LogP contribution is -2.50. The molecule has 1 aliphatic heterocycles. The Morgan fingerprint density at radius 2 is 2.12 bits per heavy atom. The molecule has 2 N–H and O–H groups in total. The molecule has 1 heterocycles. The fraction of sp³-hybridized carbons (Fsp3) is 0.923. The summed E-state index contributed by atoms with van der Waals surface area (Å²) in [5, 5.41) is 0. The van der Waals surface area contributed by atoms with E-state index in [1.807, 2.05) is 11.8 Å². The van der Waals surface area contributed by atoms with E-state index in [0.717, 1.165) is 24.3 Å². The smallest absolute Gasteiger partial charge is 0.306 e. The summed E-state index contributed by atoms with van der Waals surface area (Å²) in [6, 6.07) is 0.0775. The van der Waals surface area contributed by atoms with Crippen molar-refractivity contribution >= 4 is 17.7 Å². The predicted octanol–water partition coefficient (Wildman–Crippen LogP) is 2.44. The fourth-order valence-corrected chi connectivity index (χ4v) is 4.44. The SMILES string of the molecule is CCC(N)C1(CC(=O)OC)CSCC(C)(C)C1. The third kappa shape index (κ3) is 3.62. The highest BCUT2D eigenvalue weighted by Crippen LogP contribution is 2.48. The van der Waals surface area contributed by atoms with Crippen LogP contribution >= 0.6 is 11.8 Å². The molecule has 0 aliphatic carbocycles. The van der Waals surface area contributed by atoms with Gasteiger partial charge >= 0.3 is 5.97 Å². The molecular formula is C13H25NO2S. The fourth-order valence-electron chi connectivity index (χ4n) is 2.86. The second kappa shape index (κ2) is 5.61. The molecule has 0 aromatic rings. The Kier molecular flexibility index (Phi) is 4.90. The largest absolute Gasteiger partial charge is 0.469 e. The average Bonchev–Trinajstić information content (AvgIpc) is 2.26. The second-order valence-electron chi connectivity index (χ2n) is 5.96. The maximum absolute atomic E-state index is 11.6. The number of rotatable bonds is 4. The molecular weight excluding hydrogens is 234 g/mol. The lowest BCUT2D eigenvalue weighted by Gasteiger charge is -2.47. The predicted molar refractivity (Wildman–Crippen MR) is 73.1 cm³/mol. The van der Waals surface area contributed by atoms with Gasteiger partial charge in [-0.15, -0.1) is 0 Å². The number of nitrogens with two attached hydrogens (primary N) is 1. The Bertz CT molecular complexity index is 281. The minimum absolute atomic E-state index is 0.0775. The van der Waals surface area contributed by atoms with Gasteiger partial charge in [-0.05, 0) is 24.0 Å². The van der Waals surface area contributed by atoms with Crippen molar-refractivity contribution in [3.05, 3.63) is 0 Å². The van der Waals surface area contributed by atoms with Gasteiger partial charge in [0.15, 0.2) is 0 Å². The molecule has 1 rings (SSSR count). The van der Waals surface area contributed by atoms with Gasteiger partial charge in [0.2, 0.25) is 0 Å². The molecule has 0 bridgehead atoms. The van der Waals surface area contributed by atoms with Crippen LogP contribution in [-0.4, -0.2) is 30.6 Å². The maximum atomic E-state index is 11.6. The number of thioether (sulfide) groups is 1. The number of esters is 1. The molecule has 1 saturated heterocycles. The van der Waals surface area contributed by atoms with Gasteiger partial charge in [0.05, 0.1) is 13.5 Å². The molecule has 0 aromatic heterocycles. The zero-order chi connectivity index (χ0) is 13.1. The van der Waals surface area contributed by atoms with Crippen molar-refractivity contribution in [2.24, 2.45) is 16.6 Å². The van der Waals surface area contributed by atoms with E-state index < -0.39 is 0 Å². The van der Waals surface area contributed by atoms with Gasteiger partial charge < -0.3 is 10.5 Å². The molecule has 1 aliphatic rings. The van der Waals surface area contributed by atoms with Crippen molar-refractivity contribution in [3.63, 3.8) is 0 Å². The van der Waals surface area contributed by atoms with Crippen molar-refractivity contribution in [2.45, 2.75) is 46.1 Å². The lowest BCUT2D eigenvalue weighted by atomic mass is 9.67. The molecule has 2 atom stereocenters. The van der Waals surface area contributed by atoms with Crippen molar-refractivity contribution in [1.29, 1.82) is 0 Å². The van der Waals surface area contributed by atoms with E-state index in [4.69, 9.17) is 10.5 Å². The molecule has 3 nitrogen and oxygen atoms in total. The van der Waals surface area contributed by atoms with Crippen molar-refractivity contribution in [1.82, 2.24) is 0 Å². The summed E-state index contributed by atoms with van der Waals surface area (Å²) in [6.07, 6.45) is 2.37. The van der Waals surface area contributed by atoms with Crippen molar-refractivity contribution in [3.8, 4) is 0 Å². The van der Waals surface area contributed by atoms with Crippen LogP contribution in [0.1, 0.15) is 40.0 Å². The molecule has 1 fully saturated rings. The summed E-state index contributed by atoms with van der Waals surface area (Å²) in [5.41, 5.74) is 6.45. The highest BCUT2D eigenvalue weighted by molar-refractivity contribution is 7.99. The summed E-state index contributed by atoms with van der Waals surface area (Å²) >= 11 is 1.92. The van der Waals surface area contributed by atoms with Crippen LogP contribution in [0.15, 0.2) is 0 Å². The van der Waals surface area contributed by atoms with E-state index in [-0.39, 0.29) is 22.8 Å². The summed E-state index contributed by atoms with van der Waals surface area (Å²) in [4.78, 5) is 11.6. The standard InChI is InChI=1S/C13H25NO2S/c1-5-10(14)13(6-11(15)16-4)7-12(2,3)8-17-9-13/h10H,5-9,14H2,1-4H3. The van der Waals surface area contributed by atoms with Gasteiger partial charge in [-0.2, -0.15) is 11.8 Å². The third-order valence-electron chi connectivity index (χ3n) is 3.66. The summed E-state index contributed by atoms with van der Waals surface area (Å²) in [7, 11) is 1.45. The van der Waals surface area contributed by atoms with Crippen LogP contribution in [0.25, 0.3) is 0 Å². The Hall–Kier alpha value is -0.220. The van der Waals surface area contributed by atoms with Gasteiger partial charge in [0, 0.05) is 17.2 Å².